The lowest BCUT2D eigenvalue weighted by molar-refractivity contribution is -0.136. The van der Waals surface area contributed by atoms with Gasteiger partial charge in [0, 0.05) is 5.56 Å². The minimum Gasteiger partial charge on any atom is -0.481 e. The lowest BCUT2D eigenvalue weighted by atomic mass is 10.0. The van der Waals surface area contributed by atoms with Gasteiger partial charge in [-0.2, -0.15) is 0 Å². The summed E-state index contributed by atoms with van der Waals surface area (Å²) >= 11 is 17.9. The molecule has 1 N–H and O–H groups in total. The van der Waals surface area contributed by atoms with Crippen molar-refractivity contribution >= 4 is 40.8 Å². The number of rotatable bonds is 3. The van der Waals surface area contributed by atoms with E-state index in [4.69, 9.17) is 39.9 Å². The van der Waals surface area contributed by atoms with E-state index in [2.05, 4.69) is 4.98 Å². The third-order valence-corrected chi connectivity index (χ3v) is 3.52. The molecule has 0 spiro atoms. The molecule has 0 aliphatic heterocycles. The topological polar surface area (TPSA) is 50.2 Å². The van der Waals surface area contributed by atoms with E-state index in [0.29, 0.717) is 26.9 Å². The number of halogens is 3. The number of carboxylic acid groups (broad SMARTS) is 1. The molecule has 0 atom stereocenters. The summed E-state index contributed by atoms with van der Waals surface area (Å²) in [7, 11) is 0. The number of hydrogen-bond donors (Lipinski definition) is 1. The number of aliphatic carboxylic acids is 1. The highest BCUT2D eigenvalue weighted by atomic mass is 35.5. The molecular weight excluding hydrogens is 309 g/mol. The van der Waals surface area contributed by atoms with Gasteiger partial charge in [-0.25, -0.2) is 4.98 Å². The smallest absolute Gasteiger partial charge is 0.307 e. The van der Waals surface area contributed by atoms with Gasteiger partial charge in [-0.05, 0) is 17.7 Å². The molecule has 98 valence electrons. The quantitative estimate of drug-likeness (QED) is 0.857. The summed E-state index contributed by atoms with van der Waals surface area (Å²) < 4.78 is 0. The van der Waals surface area contributed by atoms with Crippen molar-refractivity contribution in [2.24, 2.45) is 0 Å². The second-order valence-electron chi connectivity index (χ2n) is 3.81. The number of aromatic nitrogens is 1. The maximum Gasteiger partial charge on any atom is 0.307 e. The predicted molar refractivity (Wildman–Crippen MR) is 76.0 cm³/mol. The molecule has 3 nitrogen and oxygen atoms in total. The third kappa shape index (κ3) is 3.18. The van der Waals surface area contributed by atoms with E-state index in [1.165, 1.54) is 0 Å². The van der Waals surface area contributed by atoms with Gasteiger partial charge in [-0.15, -0.1) is 0 Å². The van der Waals surface area contributed by atoms with Crippen LogP contribution in [0.4, 0.5) is 0 Å². The Bertz CT molecular complexity index is 644. The average Bonchev–Trinajstić information content (AvgIpc) is 2.35. The standard InChI is InChI=1S/C13H8Cl3NO2/c14-9-3-1-2-8(12(9)16)13-7(6-11(18)19)4-5-10(15)17-13/h1-5H,6H2,(H,18,19). The van der Waals surface area contributed by atoms with Crippen molar-refractivity contribution in [1.82, 2.24) is 4.98 Å². The molecule has 2 aromatic rings. The Balaban J connectivity index is 2.62. The lowest BCUT2D eigenvalue weighted by Gasteiger charge is -2.10. The van der Waals surface area contributed by atoms with Gasteiger partial charge < -0.3 is 5.11 Å². The molecule has 0 fully saturated rings. The van der Waals surface area contributed by atoms with Crippen LogP contribution in [0.2, 0.25) is 15.2 Å². The van der Waals surface area contributed by atoms with Gasteiger partial charge in [0.2, 0.25) is 0 Å². The molecule has 0 aliphatic carbocycles. The van der Waals surface area contributed by atoms with E-state index < -0.39 is 5.97 Å². The molecule has 0 aliphatic rings. The van der Waals surface area contributed by atoms with Gasteiger partial charge in [0.05, 0.1) is 22.2 Å². The Morgan fingerprint density at radius 3 is 2.58 bits per heavy atom. The first-order valence-electron chi connectivity index (χ1n) is 5.30. The average molecular weight is 317 g/mol. The zero-order valence-corrected chi connectivity index (χ0v) is 11.8. The number of hydrogen-bond acceptors (Lipinski definition) is 2. The Morgan fingerprint density at radius 2 is 1.89 bits per heavy atom. The largest absolute Gasteiger partial charge is 0.481 e. The highest BCUT2D eigenvalue weighted by molar-refractivity contribution is 6.43. The first kappa shape index (κ1) is 14.1. The fourth-order valence-electron chi connectivity index (χ4n) is 1.69. The molecule has 6 heteroatoms. The molecule has 1 aromatic carbocycles. The van der Waals surface area contributed by atoms with E-state index in [0.717, 1.165) is 0 Å². The molecule has 1 heterocycles. The number of nitrogens with zero attached hydrogens (tertiary/aromatic N) is 1. The highest BCUT2D eigenvalue weighted by Gasteiger charge is 2.15. The van der Waals surface area contributed by atoms with E-state index in [1.54, 1.807) is 30.3 Å². The number of carboxylic acids is 1. The predicted octanol–water partition coefficient (Wildman–Crippen LogP) is 4.34. The van der Waals surface area contributed by atoms with Crippen molar-refractivity contribution in [3.63, 3.8) is 0 Å². The van der Waals surface area contributed by atoms with Crippen molar-refractivity contribution in [2.45, 2.75) is 6.42 Å². The fourth-order valence-corrected chi connectivity index (χ4v) is 2.23. The SMILES string of the molecule is O=C(O)Cc1ccc(Cl)nc1-c1cccc(Cl)c1Cl. The second-order valence-corrected chi connectivity index (χ2v) is 4.99. The minimum absolute atomic E-state index is 0.164. The van der Waals surface area contributed by atoms with Crippen LogP contribution in [-0.4, -0.2) is 16.1 Å². The molecule has 0 saturated carbocycles. The van der Waals surface area contributed by atoms with Crippen LogP contribution in [0.25, 0.3) is 11.3 Å². The maximum atomic E-state index is 10.9. The Hall–Kier alpha value is -1.29. The van der Waals surface area contributed by atoms with Crippen LogP contribution >= 0.6 is 34.8 Å². The van der Waals surface area contributed by atoms with Gasteiger partial charge in [-0.3, -0.25) is 4.79 Å². The summed E-state index contributed by atoms with van der Waals surface area (Å²) in [5.41, 5.74) is 1.52. The van der Waals surface area contributed by atoms with Gasteiger partial charge in [0.1, 0.15) is 5.15 Å². The zero-order chi connectivity index (χ0) is 14.0. The molecule has 0 saturated heterocycles. The third-order valence-electron chi connectivity index (χ3n) is 2.49. The summed E-state index contributed by atoms with van der Waals surface area (Å²) in [5, 5.41) is 9.88. The molecule has 19 heavy (non-hydrogen) atoms. The molecule has 0 radical (unpaired) electrons. The van der Waals surface area contributed by atoms with Crippen LogP contribution in [0.5, 0.6) is 0 Å². The van der Waals surface area contributed by atoms with Crippen LogP contribution in [0.3, 0.4) is 0 Å². The van der Waals surface area contributed by atoms with E-state index in [1.807, 2.05) is 0 Å². The Labute approximate surface area is 124 Å². The van der Waals surface area contributed by atoms with Crippen molar-refractivity contribution in [2.75, 3.05) is 0 Å². The second kappa shape index (κ2) is 5.78. The normalized spacial score (nSPS) is 10.5. The van der Waals surface area contributed by atoms with Crippen LogP contribution in [-0.2, 0) is 11.2 Å². The first-order valence-corrected chi connectivity index (χ1v) is 6.44. The van der Waals surface area contributed by atoms with Gasteiger partial charge in [0.15, 0.2) is 0 Å². The summed E-state index contributed by atoms with van der Waals surface area (Å²) in [4.78, 5) is 15.0. The summed E-state index contributed by atoms with van der Waals surface area (Å²) in [5.74, 6) is -0.955. The molecule has 2 rings (SSSR count). The molecule has 1 aromatic heterocycles. The van der Waals surface area contributed by atoms with Gasteiger partial charge >= 0.3 is 5.97 Å². The van der Waals surface area contributed by atoms with Crippen molar-refractivity contribution < 1.29 is 9.90 Å². The summed E-state index contributed by atoms with van der Waals surface area (Å²) in [6, 6.07) is 8.25. The lowest BCUT2D eigenvalue weighted by Crippen LogP contribution is -2.03. The van der Waals surface area contributed by atoms with Crippen molar-refractivity contribution in [3.8, 4) is 11.3 Å². The number of carbonyl (C=O) groups is 1. The highest BCUT2D eigenvalue weighted by Crippen LogP contribution is 2.34. The van der Waals surface area contributed by atoms with Gasteiger partial charge in [0.25, 0.3) is 0 Å². The fraction of sp³-hybridized carbons (Fsp3) is 0.0769. The van der Waals surface area contributed by atoms with Crippen LogP contribution in [0, 0.1) is 0 Å². The first-order chi connectivity index (χ1) is 8.99. The zero-order valence-electron chi connectivity index (χ0n) is 9.53. The Kier molecular flexibility index (Phi) is 4.30. The summed E-state index contributed by atoms with van der Waals surface area (Å²) in [6.45, 7) is 0. The minimum atomic E-state index is -0.955. The van der Waals surface area contributed by atoms with E-state index in [-0.39, 0.29) is 11.6 Å². The molecule has 0 unspecified atom stereocenters. The van der Waals surface area contributed by atoms with E-state index >= 15 is 0 Å². The number of benzene rings is 1. The van der Waals surface area contributed by atoms with E-state index in [9.17, 15) is 4.79 Å². The van der Waals surface area contributed by atoms with Crippen molar-refractivity contribution in [3.05, 3.63) is 51.1 Å². The van der Waals surface area contributed by atoms with Crippen LogP contribution in [0.15, 0.2) is 30.3 Å². The van der Waals surface area contributed by atoms with Crippen molar-refractivity contribution in [1.29, 1.82) is 0 Å². The summed E-state index contributed by atoms with van der Waals surface area (Å²) in [6.07, 6.45) is -0.164. The van der Waals surface area contributed by atoms with Crippen LogP contribution in [0.1, 0.15) is 5.56 Å². The Morgan fingerprint density at radius 1 is 1.16 bits per heavy atom. The monoisotopic (exact) mass is 315 g/mol. The molecule has 0 amide bonds. The molecule has 0 bridgehead atoms. The number of pyridine rings is 1. The maximum absolute atomic E-state index is 10.9. The van der Waals surface area contributed by atoms with Gasteiger partial charge in [-0.1, -0.05) is 53.0 Å². The van der Waals surface area contributed by atoms with Crippen LogP contribution < -0.4 is 0 Å². The molecular formula is C13H8Cl3NO2.